The number of aryl methyl sites for hydroxylation is 2. The highest BCUT2D eigenvalue weighted by molar-refractivity contribution is 6.31. The second-order valence-electron chi connectivity index (χ2n) is 6.56. The lowest BCUT2D eigenvalue weighted by Crippen LogP contribution is -2.36. The zero-order chi connectivity index (χ0) is 18.1. The van der Waals surface area contributed by atoms with E-state index in [0.717, 1.165) is 60.5 Å². The van der Waals surface area contributed by atoms with Gasteiger partial charge < -0.3 is 15.0 Å². The fourth-order valence-corrected chi connectivity index (χ4v) is 3.49. The number of nitrogens with one attached hydrogen (secondary N) is 1. The first-order valence-electron chi connectivity index (χ1n) is 8.78. The van der Waals surface area contributed by atoms with Crippen LogP contribution in [-0.2, 0) is 11.3 Å². The average molecular weight is 372 g/mol. The molecular formula is C19H22ClN5O. The number of halogens is 1. The Labute approximate surface area is 157 Å². The van der Waals surface area contributed by atoms with Crippen molar-refractivity contribution in [1.82, 2.24) is 14.4 Å². The van der Waals surface area contributed by atoms with E-state index in [4.69, 9.17) is 16.3 Å². The molecular weight excluding hydrogens is 350 g/mol. The smallest absolute Gasteiger partial charge is 0.234 e. The van der Waals surface area contributed by atoms with Gasteiger partial charge in [-0.3, -0.25) is 4.40 Å². The van der Waals surface area contributed by atoms with E-state index in [1.54, 1.807) is 0 Å². The number of aromatic nitrogens is 3. The van der Waals surface area contributed by atoms with E-state index >= 15 is 0 Å². The molecule has 0 aliphatic carbocycles. The van der Waals surface area contributed by atoms with E-state index in [1.807, 2.05) is 29.7 Å². The molecule has 1 aliphatic rings. The third-order valence-electron chi connectivity index (χ3n) is 4.58. The van der Waals surface area contributed by atoms with Crippen LogP contribution >= 0.6 is 11.6 Å². The molecule has 0 bridgehead atoms. The lowest BCUT2D eigenvalue weighted by atomic mass is 10.2. The van der Waals surface area contributed by atoms with Crippen LogP contribution < -0.4 is 10.2 Å². The third-order valence-corrected chi connectivity index (χ3v) is 4.82. The molecule has 1 aliphatic heterocycles. The van der Waals surface area contributed by atoms with Crippen LogP contribution in [0.15, 0.2) is 30.5 Å². The second kappa shape index (κ2) is 7.13. The minimum Gasteiger partial charge on any atom is -0.378 e. The maximum Gasteiger partial charge on any atom is 0.234 e. The molecule has 0 atom stereocenters. The minimum atomic E-state index is 0.611. The van der Waals surface area contributed by atoms with Gasteiger partial charge in [-0.2, -0.15) is 0 Å². The Hall–Kier alpha value is -2.31. The van der Waals surface area contributed by atoms with Gasteiger partial charge in [0.25, 0.3) is 0 Å². The number of anilines is 2. The first kappa shape index (κ1) is 17.1. The Balaban J connectivity index is 1.57. The lowest BCUT2D eigenvalue weighted by Gasteiger charge is -2.30. The van der Waals surface area contributed by atoms with Crippen molar-refractivity contribution in [3.05, 3.63) is 52.6 Å². The van der Waals surface area contributed by atoms with Gasteiger partial charge in [-0.05, 0) is 38.1 Å². The monoisotopic (exact) mass is 371 g/mol. The van der Waals surface area contributed by atoms with Crippen molar-refractivity contribution in [2.24, 2.45) is 0 Å². The predicted molar refractivity (Wildman–Crippen MR) is 104 cm³/mol. The van der Waals surface area contributed by atoms with Gasteiger partial charge in [0.05, 0.1) is 36.8 Å². The van der Waals surface area contributed by atoms with Crippen LogP contribution in [-0.4, -0.2) is 40.7 Å². The van der Waals surface area contributed by atoms with E-state index < -0.39 is 0 Å². The van der Waals surface area contributed by atoms with Crippen LogP contribution in [0.3, 0.4) is 0 Å². The largest absolute Gasteiger partial charge is 0.378 e. The van der Waals surface area contributed by atoms with Crippen LogP contribution in [0.5, 0.6) is 0 Å². The number of ether oxygens (including phenoxy) is 1. The van der Waals surface area contributed by atoms with E-state index in [1.165, 1.54) is 0 Å². The molecule has 0 spiro atoms. The lowest BCUT2D eigenvalue weighted by molar-refractivity contribution is 0.123. The summed E-state index contributed by atoms with van der Waals surface area (Å²) in [7, 11) is 0. The standard InChI is InChI=1S/C19H22ClN5O/c1-13-9-14(2)25-12-16(23-19(25)22-13)11-21-17-10-15(20)3-4-18(17)24-5-7-26-8-6-24/h3-4,9-10,12,21H,5-8,11H2,1-2H3. The molecule has 1 aromatic carbocycles. The summed E-state index contributed by atoms with van der Waals surface area (Å²) in [4.78, 5) is 11.5. The Bertz CT molecular complexity index is 933. The molecule has 136 valence electrons. The summed E-state index contributed by atoms with van der Waals surface area (Å²) >= 11 is 6.23. The Morgan fingerprint density at radius 2 is 1.96 bits per heavy atom. The number of fused-ring (bicyclic) bond motifs is 1. The van der Waals surface area contributed by atoms with Crippen molar-refractivity contribution >= 4 is 28.8 Å². The van der Waals surface area contributed by atoms with Crippen molar-refractivity contribution < 1.29 is 4.74 Å². The van der Waals surface area contributed by atoms with E-state index in [-0.39, 0.29) is 0 Å². The quantitative estimate of drug-likeness (QED) is 0.761. The highest BCUT2D eigenvalue weighted by Crippen LogP contribution is 2.30. The summed E-state index contributed by atoms with van der Waals surface area (Å²) in [6.07, 6.45) is 2.03. The number of imidazole rings is 1. The maximum atomic E-state index is 6.23. The van der Waals surface area contributed by atoms with Gasteiger partial charge in [0.2, 0.25) is 5.78 Å². The molecule has 0 unspecified atom stereocenters. The molecule has 3 aromatic rings. The summed E-state index contributed by atoms with van der Waals surface area (Å²) in [5, 5.41) is 4.21. The Morgan fingerprint density at radius 3 is 2.77 bits per heavy atom. The number of morpholine rings is 1. The van der Waals surface area contributed by atoms with Crippen molar-refractivity contribution in [2.75, 3.05) is 36.5 Å². The van der Waals surface area contributed by atoms with Gasteiger partial charge in [0.1, 0.15) is 0 Å². The number of nitrogens with zero attached hydrogens (tertiary/aromatic N) is 4. The molecule has 1 N–H and O–H groups in total. The number of benzene rings is 1. The molecule has 1 saturated heterocycles. The van der Waals surface area contributed by atoms with Crippen LogP contribution in [0, 0.1) is 13.8 Å². The molecule has 0 amide bonds. The molecule has 3 heterocycles. The van der Waals surface area contributed by atoms with Gasteiger partial charge >= 0.3 is 0 Å². The Kier molecular flexibility index (Phi) is 4.70. The van der Waals surface area contributed by atoms with Gasteiger partial charge in [-0.25, -0.2) is 9.97 Å². The fourth-order valence-electron chi connectivity index (χ4n) is 3.32. The number of hydrogen-bond donors (Lipinski definition) is 1. The van der Waals surface area contributed by atoms with Crippen molar-refractivity contribution in [3.8, 4) is 0 Å². The summed E-state index contributed by atoms with van der Waals surface area (Å²) in [5.74, 6) is 0.735. The molecule has 6 nitrogen and oxygen atoms in total. The fraction of sp³-hybridized carbons (Fsp3) is 0.368. The van der Waals surface area contributed by atoms with Crippen LogP contribution in [0.4, 0.5) is 11.4 Å². The molecule has 2 aromatic heterocycles. The van der Waals surface area contributed by atoms with Crippen LogP contribution in [0.1, 0.15) is 17.1 Å². The van der Waals surface area contributed by atoms with Gasteiger partial charge in [0, 0.05) is 35.7 Å². The SMILES string of the molecule is Cc1cc(C)n2cc(CNc3cc(Cl)ccc3N3CCOCC3)nc2n1. The van der Waals surface area contributed by atoms with Crippen molar-refractivity contribution in [3.63, 3.8) is 0 Å². The highest BCUT2D eigenvalue weighted by Gasteiger charge is 2.15. The average Bonchev–Trinajstić information content (AvgIpc) is 3.04. The summed E-state index contributed by atoms with van der Waals surface area (Å²) in [6.45, 7) is 7.92. The number of hydrogen-bond acceptors (Lipinski definition) is 5. The van der Waals surface area contributed by atoms with E-state index in [9.17, 15) is 0 Å². The molecule has 4 rings (SSSR count). The first-order valence-corrected chi connectivity index (χ1v) is 9.16. The van der Waals surface area contributed by atoms with Crippen LogP contribution in [0.2, 0.25) is 5.02 Å². The normalized spacial score (nSPS) is 14.8. The van der Waals surface area contributed by atoms with Gasteiger partial charge in [0.15, 0.2) is 0 Å². The molecule has 7 heteroatoms. The second-order valence-corrected chi connectivity index (χ2v) is 6.99. The molecule has 26 heavy (non-hydrogen) atoms. The Morgan fingerprint density at radius 1 is 1.15 bits per heavy atom. The first-order chi connectivity index (χ1) is 12.6. The van der Waals surface area contributed by atoms with Crippen molar-refractivity contribution in [1.29, 1.82) is 0 Å². The van der Waals surface area contributed by atoms with Crippen LogP contribution in [0.25, 0.3) is 5.78 Å². The summed E-state index contributed by atoms with van der Waals surface area (Å²) < 4.78 is 7.48. The van der Waals surface area contributed by atoms with Crippen molar-refractivity contribution in [2.45, 2.75) is 20.4 Å². The highest BCUT2D eigenvalue weighted by atomic mass is 35.5. The van der Waals surface area contributed by atoms with Gasteiger partial charge in [-0.1, -0.05) is 11.6 Å². The van der Waals surface area contributed by atoms with Gasteiger partial charge in [-0.15, -0.1) is 0 Å². The summed E-state index contributed by atoms with van der Waals surface area (Å²) in [6, 6.07) is 8.02. The number of rotatable bonds is 4. The maximum absolute atomic E-state index is 6.23. The summed E-state index contributed by atoms with van der Waals surface area (Å²) in [5.41, 5.74) is 5.20. The molecule has 1 fully saturated rings. The topological polar surface area (TPSA) is 54.7 Å². The minimum absolute atomic E-state index is 0.611. The zero-order valence-corrected chi connectivity index (χ0v) is 15.8. The zero-order valence-electron chi connectivity index (χ0n) is 15.0. The predicted octanol–water partition coefficient (Wildman–Crippen LogP) is 3.45. The van der Waals surface area contributed by atoms with E-state index in [0.29, 0.717) is 11.6 Å². The third kappa shape index (κ3) is 3.48. The van der Waals surface area contributed by atoms with E-state index in [2.05, 4.69) is 39.2 Å². The molecule has 0 saturated carbocycles. The molecule has 0 radical (unpaired) electrons.